The third kappa shape index (κ3) is 11.1. The van der Waals surface area contributed by atoms with Crippen LogP contribution < -0.4 is 27.4 Å². The summed E-state index contributed by atoms with van der Waals surface area (Å²) in [5.74, 6) is -4.16. The van der Waals surface area contributed by atoms with E-state index in [9.17, 15) is 34.2 Å². The van der Waals surface area contributed by atoms with Gasteiger partial charge < -0.3 is 37.6 Å². The monoisotopic (exact) mass is 539 g/mol. The largest absolute Gasteiger partial charge is 0.508 e. The lowest BCUT2D eigenvalue weighted by atomic mass is 9.98. The Bertz CT molecular complexity index is 944. The number of benzene rings is 1. The molecule has 0 aromatic heterocycles. The molecule has 0 bridgehead atoms. The van der Waals surface area contributed by atoms with Crippen LogP contribution >= 0.6 is 11.8 Å². The van der Waals surface area contributed by atoms with Gasteiger partial charge >= 0.3 is 5.97 Å². The van der Waals surface area contributed by atoms with Crippen LogP contribution in [0.25, 0.3) is 0 Å². The van der Waals surface area contributed by atoms with E-state index in [0.717, 1.165) is 0 Å². The predicted octanol–water partition coefficient (Wildman–Crippen LogP) is -0.524. The fourth-order valence-electron chi connectivity index (χ4n) is 3.35. The predicted molar refractivity (Wildman–Crippen MR) is 139 cm³/mol. The second kappa shape index (κ2) is 15.7. The highest BCUT2D eigenvalue weighted by atomic mass is 32.2. The van der Waals surface area contributed by atoms with E-state index in [2.05, 4.69) is 16.0 Å². The number of primary amides is 1. The van der Waals surface area contributed by atoms with Gasteiger partial charge in [-0.25, -0.2) is 4.79 Å². The number of amides is 4. The lowest BCUT2D eigenvalue weighted by Gasteiger charge is -2.26. The minimum Gasteiger partial charge on any atom is -0.508 e. The van der Waals surface area contributed by atoms with Crippen molar-refractivity contribution in [2.75, 3.05) is 12.0 Å². The Hall–Kier alpha value is -3.32. The number of carboxylic acid groups (broad SMARTS) is 1. The molecule has 0 saturated heterocycles. The Labute approximate surface area is 220 Å². The summed E-state index contributed by atoms with van der Waals surface area (Å²) in [5.41, 5.74) is 11.7. The molecule has 0 aliphatic rings. The lowest BCUT2D eigenvalue weighted by Crippen LogP contribution is -2.58. The van der Waals surface area contributed by atoms with Gasteiger partial charge in [0.15, 0.2) is 0 Å². The maximum atomic E-state index is 13.1. The average molecular weight is 540 g/mol. The van der Waals surface area contributed by atoms with E-state index in [1.807, 2.05) is 6.26 Å². The third-order valence-electron chi connectivity index (χ3n) is 5.79. The fraction of sp³-hybridized carbons (Fsp3) is 0.542. The topological polar surface area (TPSA) is 214 Å². The molecule has 0 heterocycles. The van der Waals surface area contributed by atoms with Crippen molar-refractivity contribution in [1.29, 1.82) is 0 Å². The summed E-state index contributed by atoms with van der Waals surface area (Å²) in [7, 11) is 0. The molecule has 0 saturated carbocycles. The van der Waals surface area contributed by atoms with Gasteiger partial charge in [0, 0.05) is 6.42 Å². The number of nitrogens with one attached hydrogen (secondary N) is 3. The van der Waals surface area contributed by atoms with Crippen molar-refractivity contribution < 1.29 is 34.2 Å². The van der Waals surface area contributed by atoms with Crippen molar-refractivity contribution >= 4 is 41.4 Å². The summed E-state index contributed by atoms with van der Waals surface area (Å²) in [6.45, 7) is 3.45. The molecule has 0 radical (unpaired) electrons. The van der Waals surface area contributed by atoms with E-state index < -0.39 is 66.1 Å². The van der Waals surface area contributed by atoms with Crippen molar-refractivity contribution in [3.8, 4) is 5.75 Å². The molecule has 5 atom stereocenters. The standard InChI is InChI=1S/C24H37N5O7S/c1-4-13(2)20(24(35)36)29-23(34)17(11-14-5-7-15(30)8-6-14)28-22(33)18(12-19(26)31)27-21(32)16(25)9-10-37-3/h5-8,13,16-18,20,30H,4,9-12,25H2,1-3H3,(H2,26,31)(H,27,32)(H,28,33)(H,29,34)(H,35,36). The Kier molecular flexibility index (Phi) is 13.5. The Morgan fingerprint density at radius 3 is 2.05 bits per heavy atom. The van der Waals surface area contributed by atoms with E-state index >= 15 is 0 Å². The number of carbonyl (C=O) groups is 5. The maximum Gasteiger partial charge on any atom is 0.326 e. The number of phenols is 1. The van der Waals surface area contributed by atoms with E-state index in [0.29, 0.717) is 24.2 Å². The van der Waals surface area contributed by atoms with Crippen LogP contribution in [0.1, 0.15) is 38.7 Å². The molecule has 1 aromatic carbocycles. The average Bonchev–Trinajstić information content (AvgIpc) is 2.84. The highest BCUT2D eigenvalue weighted by Crippen LogP contribution is 2.13. The second-order valence-electron chi connectivity index (χ2n) is 8.76. The SMILES string of the molecule is CCC(C)C(NC(=O)C(Cc1ccc(O)cc1)NC(=O)C(CC(N)=O)NC(=O)C(N)CCSC)C(=O)O. The first kappa shape index (κ1) is 31.7. The Balaban J connectivity index is 3.17. The molecule has 9 N–H and O–H groups in total. The summed E-state index contributed by atoms with van der Waals surface area (Å²) < 4.78 is 0. The molecule has 1 rings (SSSR count). The third-order valence-corrected chi connectivity index (χ3v) is 6.44. The highest BCUT2D eigenvalue weighted by molar-refractivity contribution is 7.98. The minimum absolute atomic E-state index is 0.00135. The summed E-state index contributed by atoms with van der Waals surface area (Å²) in [6.07, 6.45) is 2.08. The number of aromatic hydroxyl groups is 1. The van der Waals surface area contributed by atoms with Gasteiger partial charge in [0.1, 0.15) is 23.9 Å². The van der Waals surface area contributed by atoms with E-state index in [4.69, 9.17) is 11.5 Å². The van der Waals surface area contributed by atoms with Gasteiger partial charge in [0.05, 0.1) is 12.5 Å². The number of carboxylic acids is 1. The number of hydrogen-bond donors (Lipinski definition) is 7. The van der Waals surface area contributed by atoms with Crippen LogP contribution in [0.2, 0.25) is 0 Å². The van der Waals surface area contributed by atoms with Gasteiger partial charge in [-0.3, -0.25) is 19.2 Å². The zero-order valence-corrected chi connectivity index (χ0v) is 22.0. The van der Waals surface area contributed by atoms with Crippen molar-refractivity contribution in [3.63, 3.8) is 0 Å². The fourth-order valence-corrected chi connectivity index (χ4v) is 3.84. The van der Waals surface area contributed by atoms with Gasteiger partial charge in [-0.05, 0) is 42.0 Å². The number of hydrogen-bond acceptors (Lipinski definition) is 8. The summed E-state index contributed by atoms with van der Waals surface area (Å²) >= 11 is 1.49. The van der Waals surface area contributed by atoms with Crippen molar-refractivity contribution in [2.45, 2.75) is 63.7 Å². The number of carbonyl (C=O) groups excluding carboxylic acids is 4. The molecular formula is C24H37N5O7S. The Morgan fingerprint density at radius 2 is 1.54 bits per heavy atom. The number of nitrogens with two attached hydrogens (primary N) is 2. The molecule has 0 spiro atoms. The van der Waals surface area contributed by atoms with Crippen LogP contribution in [-0.4, -0.2) is 76.0 Å². The zero-order valence-electron chi connectivity index (χ0n) is 21.2. The van der Waals surface area contributed by atoms with Crippen LogP contribution in [0.4, 0.5) is 0 Å². The van der Waals surface area contributed by atoms with Gasteiger partial charge in [-0.1, -0.05) is 32.4 Å². The van der Waals surface area contributed by atoms with Crippen LogP contribution in [-0.2, 0) is 30.4 Å². The molecule has 0 aliphatic carbocycles. The van der Waals surface area contributed by atoms with E-state index in [1.54, 1.807) is 26.0 Å². The normalized spacial score (nSPS) is 14.9. The number of rotatable bonds is 16. The molecule has 13 heteroatoms. The van der Waals surface area contributed by atoms with Gasteiger partial charge in [0.2, 0.25) is 23.6 Å². The maximum absolute atomic E-state index is 13.1. The molecule has 0 fully saturated rings. The number of thioether (sulfide) groups is 1. The molecule has 0 aliphatic heterocycles. The summed E-state index contributed by atoms with van der Waals surface area (Å²) in [4.78, 5) is 62.0. The molecule has 37 heavy (non-hydrogen) atoms. The van der Waals surface area contributed by atoms with Crippen LogP contribution in [0.15, 0.2) is 24.3 Å². The molecule has 12 nitrogen and oxygen atoms in total. The highest BCUT2D eigenvalue weighted by Gasteiger charge is 2.32. The van der Waals surface area contributed by atoms with Crippen LogP contribution in [0, 0.1) is 5.92 Å². The molecule has 5 unspecified atom stereocenters. The van der Waals surface area contributed by atoms with Crippen LogP contribution in [0.5, 0.6) is 5.75 Å². The van der Waals surface area contributed by atoms with E-state index in [-0.39, 0.29) is 12.2 Å². The molecule has 4 amide bonds. The van der Waals surface area contributed by atoms with Crippen LogP contribution in [0.3, 0.4) is 0 Å². The lowest BCUT2D eigenvalue weighted by molar-refractivity contribution is -0.144. The molecule has 1 aromatic rings. The first-order valence-electron chi connectivity index (χ1n) is 11.8. The molecular weight excluding hydrogens is 502 g/mol. The summed E-state index contributed by atoms with van der Waals surface area (Å²) in [5, 5.41) is 26.5. The summed E-state index contributed by atoms with van der Waals surface area (Å²) in [6, 6.07) is 1.10. The zero-order chi connectivity index (χ0) is 28.1. The van der Waals surface area contributed by atoms with E-state index in [1.165, 1.54) is 23.9 Å². The van der Waals surface area contributed by atoms with Gasteiger partial charge in [0.25, 0.3) is 0 Å². The first-order valence-corrected chi connectivity index (χ1v) is 13.2. The number of phenolic OH excluding ortho intramolecular Hbond substituents is 1. The quantitative estimate of drug-likeness (QED) is 0.144. The minimum atomic E-state index is -1.40. The second-order valence-corrected chi connectivity index (χ2v) is 9.75. The van der Waals surface area contributed by atoms with Crippen molar-refractivity contribution in [2.24, 2.45) is 17.4 Å². The van der Waals surface area contributed by atoms with Crippen molar-refractivity contribution in [3.05, 3.63) is 29.8 Å². The van der Waals surface area contributed by atoms with Gasteiger partial charge in [-0.15, -0.1) is 0 Å². The first-order chi connectivity index (χ1) is 17.4. The van der Waals surface area contributed by atoms with Gasteiger partial charge in [-0.2, -0.15) is 11.8 Å². The number of aliphatic carboxylic acids is 1. The molecule has 206 valence electrons. The Morgan fingerprint density at radius 1 is 0.973 bits per heavy atom. The van der Waals surface area contributed by atoms with Crippen molar-refractivity contribution in [1.82, 2.24) is 16.0 Å². The smallest absolute Gasteiger partial charge is 0.326 e.